The van der Waals surface area contributed by atoms with Gasteiger partial charge in [0, 0.05) is 4.47 Å². The zero-order chi connectivity index (χ0) is 17.0. The Balaban J connectivity index is 2.07. The van der Waals surface area contributed by atoms with Crippen LogP contribution >= 0.6 is 27.7 Å². The third-order valence-corrected chi connectivity index (χ3v) is 4.67. The molecule has 7 heteroatoms. The molecule has 0 bridgehead atoms. The Labute approximate surface area is 147 Å². The molecule has 1 fully saturated rings. The fraction of sp³-hybridized carbons (Fsp3) is 0.312. The standard InChI is InChI=1S/C16H16BrNO4S/c1-3-10(2)22-14(19)9-18-15(20)13(23-16(18)21)8-11-4-6-12(17)7-5-11/h4-8,10H,3,9H2,1-2H3/b13-8+/t10-/m0/s1. The van der Waals surface area contributed by atoms with Crippen molar-refractivity contribution in [3.63, 3.8) is 0 Å². The quantitative estimate of drug-likeness (QED) is 0.557. The van der Waals surface area contributed by atoms with Crippen molar-refractivity contribution in [3.8, 4) is 0 Å². The number of benzene rings is 1. The summed E-state index contributed by atoms with van der Waals surface area (Å²) in [5.74, 6) is -1.05. The van der Waals surface area contributed by atoms with E-state index >= 15 is 0 Å². The summed E-state index contributed by atoms with van der Waals surface area (Å²) >= 11 is 4.16. The van der Waals surface area contributed by atoms with Crippen molar-refractivity contribution in [2.45, 2.75) is 26.4 Å². The second-order valence-corrected chi connectivity index (χ2v) is 6.94. The predicted octanol–water partition coefficient (Wildman–Crippen LogP) is 3.83. The second kappa shape index (κ2) is 7.79. The van der Waals surface area contributed by atoms with Gasteiger partial charge in [-0.25, -0.2) is 0 Å². The minimum absolute atomic E-state index is 0.235. The number of hydrogen-bond acceptors (Lipinski definition) is 5. The predicted molar refractivity (Wildman–Crippen MR) is 92.7 cm³/mol. The van der Waals surface area contributed by atoms with E-state index in [4.69, 9.17) is 4.74 Å². The molecule has 0 spiro atoms. The van der Waals surface area contributed by atoms with E-state index in [1.807, 2.05) is 31.2 Å². The van der Waals surface area contributed by atoms with Gasteiger partial charge in [-0.1, -0.05) is 35.0 Å². The number of nitrogens with zero attached hydrogens (tertiary/aromatic N) is 1. The van der Waals surface area contributed by atoms with E-state index in [0.717, 1.165) is 26.7 Å². The summed E-state index contributed by atoms with van der Waals surface area (Å²) in [7, 11) is 0. The first-order chi connectivity index (χ1) is 10.9. The highest BCUT2D eigenvalue weighted by atomic mass is 79.9. The van der Waals surface area contributed by atoms with Crippen molar-refractivity contribution >= 4 is 50.9 Å². The molecule has 0 aliphatic carbocycles. The number of thioether (sulfide) groups is 1. The fourth-order valence-electron chi connectivity index (χ4n) is 1.82. The number of halogens is 1. The summed E-state index contributed by atoms with van der Waals surface area (Å²) in [6.07, 6.45) is 2.08. The number of imide groups is 1. The molecule has 1 aromatic carbocycles. The highest BCUT2D eigenvalue weighted by molar-refractivity contribution is 9.10. The average Bonchev–Trinajstić information content (AvgIpc) is 2.77. The number of carbonyl (C=O) groups excluding carboxylic acids is 3. The average molecular weight is 398 g/mol. The molecule has 1 saturated heterocycles. The molecule has 122 valence electrons. The molecule has 1 aliphatic rings. The van der Waals surface area contributed by atoms with E-state index < -0.39 is 17.1 Å². The van der Waals surface area contributed by atoms with Gasteiger partial charge in [-0.2, -0.15) is 0 Å². The largest absolute Gasteiger partial charge is 0.461 e. The number of hydrogen-bond donors (Lipinski definition) is 0. The van der Waals surface area contributed by atoms with Crippen molar-refractivity contribution in [2.24, 2.45) is 0 Å². The normalized spacial score (nSPS) is 17.7. The minimum atomic E-state index is -0.577. The van der Waals surface area contributed by atoms with Crippen LogP contribution in [-0.4, -0.2) is 34.7 Å². The first kappa shape index (κ1) is 17.7. The Kier molecular flexibility index (Phi) is 6.01. The minimum Gasteiger partial charge on any atom is -0.461 e. The van der Waals surface area contributed by atoms with Crippen LogP contribution in [0.25, 0.3) is 6.08 Å². The molecule has 1 heterocycles. The second-order valence-electron chi connectivity index (χ2n) is 5.03. The lowest BCUT2D eigenvalue weighted by Gasteiger charge is -2.14. The first-order valence-electron chi connectivity index (χ1n) is 7.11. The Morgan fingerprint density at radius 2 is 2.00 bits per heavy atom. The molecule has 5 nitrogen and oxygen atoms in total. The van der Waals surface area contributed by atoms with Crippen LogP contribution in [-0.2, 0) is 14.3 Å². The van der Waals surface area contributed by atoms with Crippen LogP contribution < -0.4 is 0 Å². The van der Waals surface area contributed by atoms with E-state index in [1.165, 1.54) is 0 Å². The fourth-order valence-corrected chi connectivity index (χ4v) is 2.92. The molecule has 0 unspecified atom stereocenters. The molecule has 1 aliphatic heterocycles. The van der Waals surface area contributed by atoms with Gasteiger partial charge in [0.15, 0.2) is 0 Å². The summed E-state index contributed by atoms with van der Waals surface area (Å²) in [6, 6.07) is 7.35. The molecule has 2 amide bonds. The molecule has 1 atom stereocenters. The van der Waals surface area contributed by atoms with Gasteiger partial charge in [0.25, 0.3) is 11.1 Å². The van der Waals surface area contributed by atoms with Crippen molar-refractivity contribution in [1.29, 1.82) is 0 Å². The molecule has 1 aromatic rings. The smallest absolute Gasteiger partial charge is 0.326 e. The first-order valence-corrected chi connectivity index (χ1v) is 8.72. The SMILES string of the molecule is CC[C@H](C)OC(=O)CN1C(=O)S/C(=C/c2ccc(Br)cc2)C1=O. The zero-order valence-corrected chi connectivity index (χ0v) is 15.1. The van der Waals surface area contributed by atoms with Crippen LogP contribution in [0.2, 0.25) is 0 Å². The van der Waals surface area contributed by atoms with Crippen molar-refractivity contribution in [3.05, 3.63) is 39.2 Å². The molecule has 0 radical (unpaired) electrons. The maximum Gasteiger partial charge on any atom is 0.326 e. The van der Waals surface area contributed by atoms with Gasteiger partial charge in [-0.3, -0.25) is 19.3 Å². The van der Waals surface area contributed by atoms with Gasteiger partial charge < -0.3 is 4.74 Å². The van der Waals surface area contributed by atoms with Gasteiger partial charge in [0.1, 0.15) is 6.54 Å². The highest BCUT2D eigenvalue weighted by Gasteiger charge is 2.36. The third kappa shape index (κ3) is 4.68. The Hall–Kier alpha value is -1.60. The monoisotopic (exact) mass is 397 g/mol. The molecular weight excluding hydrogens is 382 g/mol. The molecule has 0 N–H and O–H groups in total. The van der Waals surface area contributed by atoms with E-state index in [-0.39, 0.29) is 12.6 Å². The summed E-state index contributed by atoms with van der Waals surface area (Å²) in [6.45, 7) is 3.30. The lowest BCUT2D eigenvalue weighted by atomic mass is 10.2. The van der Waals surface area contributed by atoms with Gasteiger partial charge in [-0.15, -0.1) is 0 Å². The maximum atomic E-state index is 12.3. The highest BCUT2D eigenvalue weighted by Crippen LogP contribution is 2.32. The van der Waals surface area contributed by atoms with Crippen molar-refractivity contribution in [1.82, 2.24) is 4.90 Å². The Morgan fingerprint density at radius 3 is 2.61 bits per heavy atom. The Bertz CT molecular complexity index is 657. The van der Waals surface area contributed by atoms with E-state index in [0.29, 0.717) is 11.3 Å². The van der Waals surface area contributed by atoms with Gasteiger partial charge in [0.05, 0.1) is 11.0 Å². The summed E-state index contributed by atoms with van der Waals surface area (Å²) < 4.78 is 6.03. The number of rotatable bonds is 5. The summed E-state index contributed by atoms with van der Waals surface area (Å²) in [5, 5.41) is -0.459. The Morgan fingerprint density at radius 1 is 1.35 bits per heavy atom. The zero-order valence-electron chi connectivity index (χ0n) is 12.7. The van der Waals surface area contributed by atoms with Gasteiger partial charge >= 0.3 is 5.97 Å². The molecule has 2 rings (SSSR count). The van der Waals surface area contributed by atoms with Crippen LogP contribution in [0.3, 0.4) is 0 Å². The summed E-state index contributed by atoms with van der Waals surface area (Å²) in [5.41, 5.74) is 0.806. The van der Waals surface area contributed by atoms with Crippen LogP contribution in [0.4, 0.5) is 4.79 Å². The topological polar surface area (TPSA) is 63.7 Å². The molecule has 0 saturated carbocycles. The van der Waals surface area contributed by atoms with E-state index in [2.05, 4.69) is 15.9 Å². The van der Waals surface area contributed by atoms with Crippen LogP contribution in [0.15, 0.2) is 33.6 Å². The number of amides is 2. The van der Waals surface area contributed by atoms with Crippen LogP contribution in [0, 0.1) is 0 Å². The molecule has 23 heavy (non-hydrogen) atoms. The lowest BCUT2D eigenvalue weighted by molar-refractivity contribution is -0.150. The summed E-state index contributed by atoms with van der Waals surface area (Å²) in [4.78, 5) is 37.2. The molecular formula is C16H16BrNO4S. The molecule has 0 aromatic heterocycles. The lowest BCUT2D eigenvalue weighted by Crippen LogP contribution is -2.35. The van der Waals surface area contributed by atoms with Gasteiger partial charge in [0.2, 0.25) is 0 Å². The van der Waals surface area contributed by atoms with Crippen LogP contribution in [0.1, 0.15) is 25.8 Å². The van der Waals surface area contributed by atoms with E-state index in [9.17, 15) is 14.4 Å². The van der Waals surface area contributed by atoms with Crippen molar-refractivity contribution in [2.75, 3.05) is 6.54 Å². The number of esters is 1. The van der Waals surface area contributed by atoms with Gasteiger partial charge in [-0.05, 0) is 48.9 Å². The third-order valence-electron chi connectivity index (χ3n) is 3.24. The van der Waals surface area contributed by atoms with Crippen LogP contribution in [0.5, 0.6) is 0 Å². The van der Waals surface area contributed by atoms with Crippen molar-refractivity contribution < 1.29 is 19.1 Å². The van der Waals surface area contributed by atoms with E-state index in [1.54, 1.807) is 13.0 Å². The number of ether oxygens (including phenoxy) is 1. The maximum absolute atomic E-state index is 12.3. The number of carbonyl (C=O) groups is 3.